The van der Waals surface area contributed by atoms with E-state index in [0.717, 1.165) is 22.3 Å². The summed E-state index contributed by atoms with van der Waals surface area (Å²) in [6.45, 7) is 7.75. The van der Waals surface area contributed by atoms with Crippen molar-refractivity contribution in [2.45, 2.75) is 44.8 Å². The number of rotatable bonds is 7. The number of amides is 2. The summed E-state index contributed by atoms with van der Waals surface area (Å²) in [5, 5.41) is 2.77. The summed E-state index contributed by atoms with van der Waals surface area (Å²) < 4.78 is 32.2. The number of fused-ring (bicyclic) bond motifs is 3. The summed E-state index contributed by atoms with van der Waals surface area (Å²) in [6, 6.07) is 19.9. The number of hydrogen-bond donors (Lipinski definition) is 2. The van der Waals surface area contributed by atoms with E-state index < -0.39 is 36.1 Å². The lowest BCUT2D eigenvalue weighted by Gasteiger charge is -2.32. The van der Waals surface area contributed by atoms with E-state index in [2.05, 4.69) is 29.6 Å². The molecule has 2 amide bonds. The van der Waals surface area contributed by atoms with Crippen LogP contribution in [0.4, 0.5) is 9.18 Å². The zero-order valence-corrected chi connectivity index (χ0v) is 23.0. The lowest BCUT2D eigenvalue weighted by atomic mass is 9.76. The predicted molar refractivity (Wildman–Crippen MR) is 152 cm³/mol. The van der Waals surface area contributed by atoms with Crippen LogP contribution in [0.25, 0.3) is 17.2 Å². The second kappa shape index (κ2) is 10.6. The first-order chi connectivity index (χ1) is 19.0. The fourth-order valence-electron chi connectivity index (χ4n) is 5.10. The molecule has 0 spiro atoms. The van der Waals surface area contributed by atoms with Gasteiger partial charge in [-0.1, -0.05) is 54.6 Å². The molecule has 206 valence electrons. The maximum atomic E-state index is 14.1. The molecule has 1 aliphatic heterocycles. The maximum absolute atomic E-state index is 14.1. The van der Waals surface area contributed by atoms with Gasteiger partial charge in [0, 0.05) is 18.0 Å². The summed E-state index contributed by atoms with van der Waals surface area (Å²) >= 11 is 0. The van der Waals surface area contributed by atoms with Crippen LogP contribution in [0, 0.1) is 5.82 Å². The van der Waals surface area contributed by atoms with Gasteiger partial charge < -0.3 is 25.1 Å². The standard InChI is InChI=1S/C31H32BFN2O5/c1-30(2)31(3,4)40-32(39-30)20(15-19-16-21(33)13-14-22(19)28(34)36)17-35-29(37)38-18-27-25-11-7-5-9-23(25)24-10-6-8-12-26(24)27/h5-16,27H,17-18H2,1-4H3,(H2,34,36)(H,35,37). The van der Waals surface area contributed by atoms with E-state index in [4.69, 9.17) is 19.8 Å². The van der Waals surface area contributed by atoms with E-state index in [9.17, 15) is 14.0 Å². The van der Waals surface area contributed by atoms with Crippen LogP contribution in [0.5, 0.6) is 0 Å². The van der Waals surface area contributed by atoms with Crippen molar-refractivity contribution in [3.63, 3.8) is 0 Å². The van der Waals surface area contributed by atoms with Gasteiger partial charge in [-0.15, -0.1) is 0 Å². The molecule has 0 unspecified atom stereocenters. The number of alkyl carbamates (subject to hydrolysis) is 1. The van der Waals surface area contributed by atoms with Crippen molar-refractivity contribution in [3.8, 4) is 11.1 Å². The number of carbonyl (C=O) groups is 2. The van der Waals surface area contributed by atoms with Gasteiger partial charge in [-0.25, -0.2) is 9.18 Å². The minimum absolute atomic E-state index is 0.0256. The third-order valence-electron chi connectivity index (χ3n) is 7.96. The molecule has 1 saturated heterocycles. The maximum Gasteiger partial charge on any atom is 0.492 e. The van der Waals surface area contributed by atoms with E-state index in [0.29, 0.717) is 5.47 Å². The first-order valence-corrected chi connectivity index (χ1v) is 13.2. The number of nitrogens with one attached hydrogen (secondary N) is 1. The Morgan fingerprint density at radius 1 is 0.975 bits per heavy atom. The average Bonchev–Trinajstić information content (AvgIpc) is 3.34. The van der Waals surface area contributed by atoms with Gasteiger partial charge in [0.2, 0.25) is 5.91 Å². The molecule has 0 atom stereocenters. The largest absolute Gasteiger partial charge is 0.492 e. The number of hydrogen-bond acceptors (Lipinski definition) is 5. The van der Waals surface area contributed by atoms with Crippen LogP contribution < -0.4 is 11.1 Å². The van der Waals surface area contributed by atoms with Crippen molar-refractivity contribution in [1.82, 2.24) is 5.32 Å². The van der Waals surface area contributed by atoms with Crippen LogP contribution in [0.15, 0.2) is 72.2 Å². The van der Waals surface area contributed by atoms with Gasteiger partial charge in [0.05, 0.1) is 11.2 Å². The summed E-state index contributed by atoms with van der Waals surface area (Å²) in [4.78, 5) is 24.9. The Morgan fingerprint density at radius 3 is 2.12 bits per heavy atom. The highest BCUT2D eigenvalue weighted by Crippen LogP contribution is 2.44. The molecule has 7 nitrogen and oxygen atoms in total. The molecule has 5 rings (SSSR count). The van der Waals surface area contributed by atoms with Gasteiger partial charge >= 0.3 is 13.2 Å². The van der Waals surface area contributed by atoms with E-state index >= 15 is 0 Å². The Balaban J connectivity index is 1.35. The Kier molecular flexibility index (Phi) is 7.29. The average molecular weight is 542 g/mol. The number of benzene rings is 3. The van der Waals surface area contributed by atoms with Crippen LogP contribution in [0.2, 0.25) is 0 Å². The van der Waals surface area contributed by atoms with Gasteiger partial charge in [0.15, 0.2) is 0 Å². The lowest BCUT2D eigenvalue weighted by Crippen LogP contribution is -2.41. The molecule has 1 heterocycles. The quantitative estimate of drug-likeness (QED) is 0.386. The molecular weight excluding hydrogens is 510 g/mol. The predicted octanol–water partition coefficient (Wildman–Crippen LogP) is 5.48. The normalized spacial score (nSPS) is 17.3. The van der Waals surface area contributed by atoms with E-state index in [1.165, 1.54) is 18.2 Å². The van der Waals surface area contributed by atoms with Gasteiger partial charge in [-0.3, -0.25) is 4.79 Å². The molecule has 3 N–H and O–H groups in total. The minimum Gasteiger partial charge on any atom is -0.449 e. The molecule has 9 heteroatoms. The smallest absolute Gasteiger partial charge is 0.449 e. The van der Waals surface area contributed by atoms with Gasteiger partial charge in [-0.2, -0.15) is 0 Å². The molecular formula is C31H32BFN2O5. The molecule has 0 radical (unpaired) electrons. The molecule has 40 heavy (non-hydrogen) atoms. The topological polar surface area (TPSA) is 99.9 Å². The van der Waals surface area contributed by atoms with Crippen molar-refractivity contribution >= 4 is 25.2 Å². The van der Waals surface area contributed by atoms with Gasteiger partial charge in [0.25, 0.3) is 0 Å². The summed E-state index contributed by atoms with van der Waals surface area (Å²) in [5.41, 5.74) is 9.57. The first-order valence-electron chi connectivity index (χ1n) is 13.2. The van der Waals surface area contributed by atoms with Crippen LogP contribution in [0.1, 0.15) is 60.7 Å². The van der Waals surface area contributed by atoms with Crippen LogP contribution >= 0.6 is 0 Å². The highest BCUT2D eigenvalue weighted by molar-refractivity contribution is 6.56. The second-order valence-corrected chi connectivity index (χ2v) is 11.1. The SMILES string of the molecule is CC1(C)OB(C(=Cc2cc(F)ccc2C(N)=O)CNC(=O)OCC2c3ccccc3-c3ccccc32)OC1(C)C. The number of primary amides is 1. The highest BCUT2D eigenvalue weighted by atomic mass is 19.1. The molecule has 3 aromatic rings. The molecule has 0 saturated carbocycles. The fourth-order valence-corrected chi connectivity index (χ4v) is 5.10. The Morgan fingerprint density at radius 2 is 1.55 bits per heavy atom. The van der Waals surface area contributed by atoms with Crippen molar-refractivity contribution in [2.75, 3.05) is 13.2 Å². The summed E-state index contributed by atoms with van der Waals surface area (Å²) in [7, 11) is -0.858. The van der Waals surface area contributed by atoms with Crippen molar-refractivity contribution < 1.29 is 28.0 Å². The molecule has 0 bridgehead atoms. The monoisotopic (exact) mass is 542 g/mol. The van der Waals surface area contributed by atoms with Crippen LogP contribution in [0.3, 0.4) is 0 Å². The van der Waals surface area contributed by atoms with Crippen LogP contribution in [-0.2, 0) is 14.0 Å². The minimum atomic E-state index is -0.858. The summed E-state index contributed by atoms with van der Waals surface area (Å²) in [6.07, 6.45) is 0.938. The van der Waals surface area contributed by atoms with Crippen LogP contribution in [-0.4, -0.2) is 43.5 Å². The number of halogens is 1. The van der Waals surface area contributed by atoms with Crippen molar-refractivity contribution in [2.24, 2.45) is 5.73 Å². The third kappa shape index (κ3) is 5.27. The molecule has 1 aliphatic carbocycles. The number of carbonyl (C=O) groups excluding carboxylic acids is 2. The molecule has 2 aliphatic rings. The molecule has 0 aromatic heterocycles. The van der Waals surface area contributed by atoms with Crippen molar-refractivity contribution in [1.29, 1.82) is 0 Å². The van der Waals surface area contributed by atoms with Crippen molar-refractivity contribution in [3.05, 3.63) is 100 Å². The number of nitrogens with two attached hydrogens (primary N) is 1. The summed E-state index contributed by atoms with van der Waals surface area (Å²) in [5.74, 6) is -1.32. The molecule has 3 aromatic carbocycles. The highest BCUT2D eigenvalue weighted by Gasteiger charge is 2.52. The fraction of sp³-hybridized carbons (Fsp3) is 0.290. The van der Waals surface area contributed by atoms with Gasteiger partial charge in [0.1, 0.15) is 12.4 Å². The van der Waals surface area contributed by atoms with Gasteiger partial charge in [-0.05, 0) is 79.2 Å². The first kappa shape index (κ1) is 27.6. The second-order valence-electron chi connectivity index (χ2n) is 11.1. The Bertz CT molecular complexity index is 1440. The zero-order chi connectivity index (χ0) is 28.7. The zero-order valence-electron chi connectivity index (χ0n) is 23.0. The van der Waals surface area contributed by atoms with E-state index in [1.54, 1.807) is 6.08 Å². The Labute approximate surface area is 233 Å². The number of ether oxygens (including phenoxy) is 1. The molecule has 1 fully saturated rings. The Hall–Kier alpha value is -3.95. The van der Waals surface area contributed by atoms with E-state index in [1.807, 2.05) is 52.0 Å². The third-order valence-corrected chi connectivity index (χ3v) is 7.96. The van der Waals surface area contributed by atoms with E-state index in [-0.39, 0.29) is 30.2 Å². The lowest BCUT2D eigenvalue weighted by molar-refractivity contribution is 0.00578.